The molecule has 0 atom stereocenters. The number of carbonyl (C=O) groups is 2. The van der Waals surface area contributed by atoms with E-state index >= 15 is 0 Å². The Labute approximate surface area is 164 Å². The number of methoxy groups -OCH3 is 1. The number of amides is 1. The number of hydrogen-bond donors (Lipinski definition) is 0. The van der Waals surface area contributed by atoms with E-state index in [0.29, 0.717) is 16.9 Å². The zero-order valence-corrected chi connectivity index (χ0v) is 17.8. The number of piperidine rings is 1. The van der Waals surface area contributed by atoms with Gasteiger partial charge in [0.05, 0.1) is 7.11 Å². The first-order chi connectivity index (χ1) is 12.5. The van der Waals surface area contributed by atoms with Gasteiger partial charge in [0.1, 0.15) is 5.60 Å². The van der Waals surface area contributed by atoms with E-state index in [1.165, 1.54) is 20.0 Å². The van der Waals surface area contributed by atoms with E-state index in [4.69, 9.17) is 4.74 Å². The maximum atomic E-state index is 11.9. The van der Waals surface area contributed by atoms with Crippen molar-refractivity contribution in [3.8, 4) is 0 Å². The fraction of sp³-hybridized carbons (Fsp3) is 0.727. The van der Waals surface area contributed by atoms with Gasteiger partial charge in [-0.15, -0.1) is 6.58 Å². The third-order valence-electron chi connectivity index (χ3n) is 4.97. The van der Waals surface area contributed by atoms with Crippen molar-refractivity contribution in [3.05, 3.63) is 24.8 Å². The van der Waals surface area contributed by atoms with Crippen LogP contribution < -0.4 is 0 Å². The van der Waals surface area contributed by atoms with E-state index in [1.807, 2.05) is 31.7 Å². The summed E-state index contributed by atoms with van der Waals surface area (Å²) in [6, 6.07) is 0. The molecular formula is C22H37NO4. The van der Waals surface area contributed by atoms with E-state index in [-0.39, 0.29) is 12.1 Å². The fourth-order valence-electron chi connectivity index (χ4n) is 3.01. The van der Waals surface area contributed by atoms with Gasteiger partial charge in [-0.2, -0.15) is 0 Å². The van der Waals surface area contributed by atoms with Crippen LogP contribution in [0.5, 0.6) is 0 Å². The summed E-state index contributed by atoms with van der Waals surface area (Å²) < 4.78 is 9.87. The molecule has 0 bridgehead atoms. The van der Waals surface area contributed by atoms with Crippen molar-refractivity contribution in [1.29, 1.82) is 0 Å². The highest BCUT2D eigenvalue weighted by Gasteiger charge is 2.32. The van der Waals surface area contributed by atoms with Crippen LogP contribution in [0.15, 0.2) is 24.8 Å². The molecule has 1 amide bonds. The Bertz CT molecular complexity index is 535. The van der Waals surface area contributed by atoms with Crippen LogP contribution in [0.2, 0.25) is 0 Å². The van der Waals surface area contributed by atoms with Gasteiger partial charge in [-0.3, -0.25) is 0 Å². The van der Waals surface area contributed by atoms with Crippen molar-refractivity contribution in [3.63, 3.8) is 0 Å². The fourth-order valence-corrected chi connectivity index (χ4v) is 3.01. The van der Waals surface area contributed by atoms with Crippen molar-refractivity contribution in [2.24, 2.45) is 11.3 Å². The molecule has 1 saturated carbocycles. The minimum atomic E-state index is -0.404. The second-order valence-electron chi connectivity index (χ2n) is 9.01. The maximum Gasteiger partial charge on any atom is 0.410 e. The van der Waals surface area contributed by atoms with Crippen LogP contribution in [0.25, 0.3) is 0 Å². The highest BCUT2D eigenvalue weighted by molar-refractivity contribution is 5.87. The molecule has 1 saturated heterocycles. The largest absolute Gasteiger partial charge is 0.466 e. The zero-order valence-electron chi connectivity index (χ0n) is 17.8. The van der Waals surface area contributed by atoms with Crippen LogP contribution >= 0.6 is 0 Å². The molecule has 1 aliphatic heterocycles. The number of esters is 1. The summed E-state index contributed by atoms with van der Waals surface area (Å²) in [4.78, 5) is 24.4. The van der Waals surface area contributed by atoms with Gasteiger partial charge in [0.15, 0.2) is 0 Å². The van der Waals surface area contributed by atoms with Gasteiger partial charge in [-0.1, -0.05) is 19.6 Å². The molecule has 0 radical (unpaired) electrons. The first-order valence-electron chi connectivity index (χ1n) is 9.84. The Morgan fingerprint density at radius 3 is 2.19 bits per heavy atom. The maximum absolute atomic E-state index is 11.9. The lowest BCUT2D eigenvalue weighted by Crippen LogP contribution is -2.44. The third kappa shape index (κ3) is 9.12. The Morgan fingerprint density at radius 2 is 1.78 bits per heavy atom. The quantitative estimate of drug-likeness (QED) is 0.378. The van der Waals surface area contributed by atoms with Crippen molar-refractivity contribution >= 4 is 12.1 Å². The van der Waals surface area contributed by atoms with Crippen molar-refractivity contribution in [2.75, 3.05) is 20.2 Å². The van der Waals surface area contributed by atoms with E-state index in [2.05, 4.69) is 24.8 Å². The molecule has 0 N–H and O–H groups in total. The summed E-state index contributed by atoms with van der Waals surface area (Å²) >= 11 is 0. The van der Waals surface area contributed by atoms with Crippen LogP contribution in [0.4, 0.5) is 4.79 Å². The Kier molecular flexibility index (Phi) is 8.58. The van der Waals surface area contributed by atoms with Gasteiger partial charge in [0.2, 0.25) is 0 Å². The van der Waals surface area contributed by atoms with E-state index in [0.717, 1.165) is 38.8 Å². The first kappa shape index (κ1) is 23.3. The molecule has 2 rings (SSSR count). The summed E-state index contributed by atoms with van der Waals surface area (Å²) in [5.74, 6) is 0.457. The molecule has 0 spiro atoms. The standard InChI is InChI=1S/C14H25NO2.C8H12O2/c1-6-7-14(5)8-10-15(11-9-14)12(16)17-13(2,3)4;1-6(8(9)10-2)5-7-3-4-7/h6H,1,7-11H2,2-5H3;7H,1,3-5H2,2H3. The molecule has 2 aliphatic rings. The predicted molar refractivity (Wildman–Crippen MR) is 108 cm³/mol. The first-order valence-corrected chi connectivity index (χ1v) is 9.84. The van der Waals surface area contributed by atoms with Crippen LogP contribution in [0.1, 0.15) is 66.2 Å². The van der Waals surface area contributed by atoms with Gasteiger partial charge >= 0.3 is 12.1 Å². The number of likely N-dealkylation sites (tertiary alicyclic amines) is 1. The molecule has 5 heteroatoms. The Hall–Kier alpha value is -1.78. The topological polar surface area (TPSA) is 55.8 Å². The molecule has 0 aromatic rings. The number of ether oxygens (including phenoxy) is 2. The number of rotatable bonds is 5. The lowest BCUT2D eigenvalue weighted by atomic mass is 9.78. The van der Waals surface area contributed by atoms with Gasteiger partial charge < -0.3 is 14.4 Å². The summed E-state index contributed by atoms with van der Waals surface area (Å²) in [5, 5.41) is 0. The second-order valence-corrected chi connectivity index (χ2v) is 9.01. The molecule has 1 aliphatic carbocycles. The van der Waals surface area contributed by atoms with E-state index in [1.54, 1.807) is 0 Å². The lowest BCUT2D eigenvalue weighted by Gasteiger charge is -2.39. The normalized spacial score (nSPS) is 18.6. The molecular weight excluding hydrogens is 342 g/mol. The minimum Gasteiger partial charge on any atom is -0.466 e. The van der Waals surface area contributed by atoms with Gasteiger partial charge in [0.25, 0.3) is 0 Å². The molecule has 0 aromatic carbocycles. The lowest BCUT2D eigenvalue weighted by molar-refractivity contribution is -0.136. The predicted octanol–water partition coefficient (Wildman–Crippen LogP) is 5.12. The zero-order chi connectivity index (χ0) is 20.7. The highest BCUT2D eigenvalue weighted by atomic mass is 16.6. The molecule has 2 fully saturated rings. The summed E-state index contributed by atoms with van der Waals surface area (Å²) in [6.45, 7) is 17.0. The SMILES string of the molecule is C=C(CC1CC1)C(=O)OC.C=CCC1(C)CCN(C(=O)OC(C)(C)C)CC1. The highest BCUT2D eigenvalue weighted by Crippen LogP contribution is 2.35. The van der Waals surface area contributed by atoms with Crippen LogP contribution in [-0.4, -0.2) is 42.8 Å². The second kappa shape index (κ2) is 9.95. The van der Waals surface area contributed by atoms with Gasteiger partial charge in [0, 0.05) is 18.7 Å². The molecule has 5 nitrogen and oxygen atoms in total. The van der Waals surface area contributed by atoms with Crippen LogP contribution in [0.3, 0.4) is 0 Å². The number of hydrogen-bond acceptors (Lipinski definition) is 4. The minimum absolute atomic E-state index is 0.182. The van der Waals surface area contributed by atoms with Crippen LogP contribution in [-0.2, 0) is 14.3 Å². The molecule has 0 unspecified atom stereocenters. The van der Waals surface area contributed by atoms with Crippen molar-refractivity contribution in [2.45, 2.75) is 71.8 Å². The summed E-state index contributed by atoms with van der Waals surface area (Å²) in [7, 11) is 1.39. The van der Waals surface area contributed by atoms with Crippen molar-refractivity contribution < 1.29 is 19.1 Å². The third-order valence-corrected chi connectivity index (χ3v) is 4.97. The van der Waals surface area contributed by atoms with E-state index < -0.39 is 5.60 Å². The molecule has 0 aromatic heterocycles. The Balaban J connectivity index is 0.000000309. The molecule has 1 heterocycles. The number of allylic oxidation sites excluding steroid dienone is 1. The molecule has 27 heavy (non-hydrogen) atoms. The number of carbonyl (C=O) groups excluding carboxylic acids is 2. The van der Waals surface area contributed by atoms with Crippen molar-refractivity contribution in [1.82, 2.24) is 4.90 Å². The average Bonchev–Trinajstić information content (AvgIpc) is 3.37. The molecule has 154 valence electrons. The Morgan fingerprint density at radius 1 is 1.22 bits per heavy atom. The van der Waals surface area contributed by atoms with Gasteiger partial charge in [-0.05, 0) is 70.6 Å². The van der Waals surface area contributed by atoms with Gasteiger partial charge in [-0.25, -0.2) is 9.59 Å². The monoisotopic (exact) mass is 379 g/mol. The number of nitrogens with zero attached hydrogens (tertiary/aromatic N) is 1. The average molecular weight is 380 g/mol. The smallest absolute Gasteiger partial charge is 0.410 e. The summed E-state index contributed by atoms with van der Waals surface area (Å²) in [5.41, 5.74) is 0.518. The van der Waals surface area contributed by atoms with Crippen LogP contribution in [0, 0.1) is 11.3 Å². The van der Waals surface area contributed by atoms with E-state index in [9.17, 15) is 9.59 Å². The summed E-state index contributed by atoms with van der Waals surface area (Å²) in [6.07, 6.45) is 8.19.